The van der Waals surface area contributed by atoms with Gasteiger partial charge < -0.3 is 24.6 Å². The molecule has 0 bridgehead atoms. The summed E-state index contributed by atoms with van der Waals surface area (Å²) in [6.45, 7) is 13.6. The maximum Gasteiger partial charge on any atom is 0.328 e. The smallest absolute Gasteiger partial charge is 0.328 e. The highest BCUT2D eigenvalue weighted by atomic mass is 16.5. The van der Waals surface area contributed by atoms with E-state index in [9.17, 15) is 14.4 Å². The molecular weight excluding hydrogens is 797 g/mol. The van der Waals surface area contributed by atoms with Crippen LogP contribution in [0.15, 0.2) is 77.7 Å². The number of anilines is 3. The second kappa shape index (κ2) is 16.5. The molecule has 1 atom stereocenters. The van der Waals surface area contributed by atoms with Gasteiger partial charge >= 0.3 is 17.8 Å². The number of H-pyrrole nitrogens is 1. The summed E-state index contributed by atoms with van der Waals surface area (Å²) >= 11 is 0. The van der Waals surface area contributed by atoms with E-state index in [0.29, 0.717) is 24.7 Å². The van der Waals surface area contributed by atoms with Crippen LogP contribution in [-0.2, 0) is 10.2 Å². The van der Waals surface area contributed by atoms with Crippen LogP contribution >= 0.6 is 0 Å². The maximum absolute atomic E-state index is 13.0. The SMILES string of the molecule is Cc1cc(-c2ncnc3[nH]c(-c4ccc(N5CCN(CC6CCN(c7ccc(N8CCC(=O)NC8=O)cc7)CC6)CC5)cn4)cc23)ccc1C(C)NC(=O)c1nc(C2(C)CC2)no1. The van der Waals surface area contributed by atoms with Crippen molar-refractivity contribution in [2.24, 2.45) is 5.92 Å². The lowest BCUT2D eigenvalue weighted by Gasteiger charge is -2.40. The molecule has 4 aliphatic rings. The molecule has 0 radical (unpaired) electrons. The first-order valence-corrected chi connectivity index (χ1v) is 22.1. The Bertz CT molecular complexity index is 2660. The number of carbonyl (C=O) groups is 3. The first kappa shape index (κ1) is 40.4. The Morgan fingerprint density at radius 2 is 1.63 bits per heavy atom. The molecule has 3 saturated heterocycles. The van der Waals surface area contributed by atoms with E-state index >= 15 is 0 Å². The van der Waals surface area contributed by atoms with E-state index in [1.165, 1.54) is 5.69 Å². The molecule has 7 heterocycles. The molecule has 1 saturated carbocycles. The van der Waals surface area contributed by atoms with Gasteiger partial charge in [-0.15, -0.1) is 0 Å². The first-order valence-electron chi connectivity index (χ1n) is 22.1. The Balaban J connectivity index is 0.715. The molecule has 1 aliphatic carbocycles. The number of aromatic nitrogens is 6. The summed E-state index contributed by atoms with van der Waals surface area (Å²) < 4.78 is 5.29. The summed E-state index contributed by atoms with van der Waals surface area (Å²) in [4.78, 5) is 67.8. The predicted octanol–water partition coefficient (Wildman–Crippen LogP) is 6.41. The van der Waals surface area contributed by atoms with Crippen molar-refractivity contribution in [2.45, 2.75) is 64.3 Å². The topological polar surface area (TPSA) is 182 Å². The number of fused-ring (bicyclic) bond motifs is 1. The van der Waals surface area contributed by atoms with E-state index < -0.39 is 0 Å². The fraction of sp³-hybridized carbons (Fsp3) is 0.404. The molecule has 0 spiro atoms. The minimum atomic E-state index is -0.384. The molecular formula is C47H52N12O4. The molecule has 1 unspecified atom stereocenters. The number of piperidine rings is 1. The van der Waals surface area contributed by atoms with Gasteiger partial charge in [0.1, 0.15) is 12.0 Å². The van der Waals surface area contributed by atoms with Crippen LogP contribution < -0.4 is 25.3 Å². The molecule has 63 heavy (non-hydrogen) atoms. The summed E-state index contributed by atoms with van der Waals surface area (Å²) in [6, 6.07) is 20.0. The number of aryl methyl sites for hydroxylation is 1. The normalized spacial score (nSPS) is 18.7. The number of carbonyl (C=O) groups excluding carboxylic acids is 3. The van der Waals surface area contributed by atoms with Crippen molar-refractivity contribution < 1.29 is 18.9 Å². The first-order chi connectivity index (χ1) is 30.6. The van der Waals surface area contributed by atoms with Crippen LogP contribution in [0.25, 0.3) is 33.7 Å². The van der Waals surface area contributed by atoms with Gasteiger partial charge in [0.05, 0.1) is 35.0 Å². The number of hydrogen-bond acceptors (Lipinski definition) is 12. The number of rotatable bonds is 11. The quantitative estimate of drug-likeness (QED) is 0.131. The summed E-state index contributed by atoms with van der Waals surface area (Å²) in [6.07, 6.45) is 8.19. The standard InChI is InChI=1S/C47H52N12O4/c1-29-24-32(4-10-36(29)30(2)51-43(61)44-54-45(55-63-44)47(3)15-16-47)41-37-25-39(52-42(37)50-28-49-41)38-11-9-35(26-48-38)58-22-20-56(21-23-58)27-31-12-17-57(18-13-31)33-5-7-34(8-6-33)59-19-14-40(60)53-46(59)62/h4-11,24-26,28,30-31H,12-23,27H2,1-3H3,(H,51,61)(H,49,50,52)(H,53,60,62). The lowest BCUT2D eigenvalue weighted by Crippen LogP contribution is -2.49. The second-order valence-corrected chi connectivity index (χ2v) is 17.8. The maximum atomic E-state index is 13.0. The third-order valence-corrected chi connectivity index (χ3v) is 13.4. The number of imide groups is 1. The van der Waals surface area contributed by atoms with Gasteiger partial charge in [-0.05, 0) is 105 Å². The van der Waals surface area contributed by atoms with Crippen LogP contribution in [0.1, 0.15) is 79.6 Å². The van der Waals surface area contributed by atoms with Gasteiger partial charge in [0.2, 0.25) is 5.91 Å². The number of amides is 4. The Hall–Kier alpha value is -6.68. The van der Waals surface area contributed by atoms with Gasteiger partial charge in [-0.25, -0.2) is 14.8 Å². The van der Waals surface area contributed by atoms with Crippen LogP contribution in [0.5, 0.6) is 0 Å². The molecule has 16 nitrogen and oxygen atoms in total. The minimum Gasteiger partial charge on any atom is -0.372 e. The van der Waals surface area contributed by atoms with Gasteiger partial charge in [0.25, 0.3) is 0 Å². The molecule has 6 aromatic rings. The Labute approximate surface area is 365 Å². The number of hydrogen-bond donors (Lipinski definition) is 3. The number of aromatic amines is 1. The number of pyridine rings is 1. The Morgan fingerprint density at radius 1 is 0.889 bits per heavy atom. The van der Waals surface area contributed by atoms with Crippen LogP contribution in [0.4, 0.5) is 21.9 Å². The van der Waals surface area contributed by atoms with E-state index in [2.05, 4.69) is 93.7 Å². The molecule has 10 rings (SSSR count). The van der Waals surface area contributed by atoms with Crippen molar-refractivity contribution in [1.29, 1.82) is 0 Å². The average molecular weight is 849 g/mol. The highest BCUT2D eigenvalue weighted by Gasteiger charge is 2.44. The van der Waals surface area contributed by atoms with Gasteiger partial charge in [-0.3, -0.25) is 29.7 Å². The van der Waals surface area contributed by atoms with E-state index in [-0.39, 0.29) is 35.2 Å². The second-order valence-electron chi connectivity index (χ2n) is 17.8. The van der Waals surface area contributed by atoms with E-state index in [0.717, 1.165) is 128 Å². The lowest BCUT2D eigenvalue weighted by molar-refractivity contribution is -0.120. The minimum absolute atomic E-state index is 0.0105. The summed E-state index contributed by atoms with van der Waals surface area (Å²) in [5.74, 6) is 0.652. The fourth-order valence-corrected chi connectivity index (χ4v) is 9.24. The molecule has 2 aromatic carbocycles. The van der Waals surface area contributed by atoms with Crippen LogP contribution in [0.3, 0.4) is 0 Å². The monoisotopic (exact) mass is 848 g/mol. The third-order valence-electron chi connectivity index (χ3n) is 13.4. The summed E-state index contributed by atoms with van der Waals surface area (Å²) in [5.41, 5.74) is 9.27. The van der Waals surface area contributed by atoms with Crippen molar-refractivity contribution in [2.75, 3.05) is 67.1 Å². The number of nitrogens with one attached hydrogen (secondary N) is 3. The zero-order chi connectivity index (χ0) is 43.2. The Morgan fingerprint density at radius 3 is 2.35 bits per heavy atom. The van der Waals surface area contributed by atoms with Gasteiger partial charge in [-0.1, -0.05) is 24.2 Å². The highest BCUT2D eigenvalue weighted by Crippen LogP contribution is 2.46. The van der Waals surface area contributed by atoms with Crippen molar-refractivity contribution >= 4 is 45.9 Å². The zero-order valence-corrected chi connectivity index (χ0v) is 35.9. The molecule has 4 aromatic heterocycles. The van der Waals surface area contributed by atoms with Crippen molar-refractivity contribution in [3.05, 3.63) is 96.0 Å². The molecule has 324 valence electrons. The van der Waals surface area contributed by atoms with E-state index in [1.807, 2.05) is 44.3 Å². The van der Waals surface area contributed by atoms with Crippen molar-refractivity contribution in [1.82, 2.24) is 45.6 Å². The molecule has 3 aliphatic heterocycles. The van der Waals surface area contributed by atoms with E-state index in [1.54, 1.807) is 11.2 Å². The highest BCUT2D eigenvalue weighted by molar-refractivity contribution is 6.05. The van der Waals surface area contributed by atoms with Gasteiger partial charge in [0.15, 0.2) is 5.82 Å². The summed E-state index contributed by atoms with van der Waals surface area (Å²) in [7, 11) is 0. The average Bonchev–Trinajstić information content (AvgIpc) is 3.63. The van der Waals surface area contributed by atoms with Crippen LogP contribution in [0, 0.1) is 12.8 Å². The number of nitrogens with zero attached hydrogens (tertiary/aromatic N) is 9. The molecule has 16 heteroatoms. The number of urea groups is 1. The van der Waals surface area contributed by atoms with Gasteiger partial charge in [0, 0.05) is 86.5 Å². The lowest BCUT2D eigenvalue weighted by atomic mass is 9.95. The number of benzene rings is 2. The van der Waals surface area contributed by atoms with Crippen molar-refractivity contribution in [3.8, 4) is 22.6 Å². The van der Waals surface area contributed by atoms with Crippen molar-refractivity contribution in [3.63, 3.8) is 0 Å². The largest absolute Gasteiger partial charge is 0.372 e. The van der Waals surface area contributed by atoms with E-state index in [4.69, 9.17) is 9.51 Å². The Kier molecular flexibility index (Phi) is 10.6. The number of piperazine rings is 1. The molecule has 4 fully saturated rings. The van der Waals surface area contributed by atoms with Crippen LogP contribution in [-0.4, -0.2) is 105 Å². The van der Waals surface area contributed by atoms with Gasteiger partial charge in [-0.2, -0.15) is 4.98 Å². The molecule has 3 N–H and O–H groups in total. The summed E-state index contributed by atoms with van der Waals surface area (Å²) in [5, 5.41) is 10.4. The fourth-order valence-electron chi connectivity index (χ4n) is 9.24. The predicted molar refractivity (Wildman–Crippen MR) is 240 cm³/mol. The molecule has 4 amide bonds. The third kappa shape index (κ3) is 8.34. The zero-order valence-electron chi connectivity index (χ0n) is 35.9. The van der Waals surface area contributed by atoms with Crippen LogP contribution in [0.2, 0.25) is 0 Å².